The van der Waals surface area contributed by atoms with E-state index in [2.05, 4.69) is 17.1 Å². The fraction of sp³-hybridized carbons (Fsp3) is 0.900. The lowest BCUT2D eigenvalue weighted by atomic mass is 10.1. The minimum absolute atomic E-state index is 0.150. The molecule has 80 valence electrons. The van der Waals surface area contributed by atoms with Crippen LogP contribution in [0.2, 0.25) is 0 Å². The molecule has 4 nitrogen and oxygen atoms in total. The maximum absolute atomic E-state index is 11.8. The van der Waals surface area contributed by atoms with Gasteiger partial charge in [0, 0.05) is 39.3 Å². The minimum atomic E-state index is 0.150. The number of rotatable bonds is 1. The van der Waals surface area contributed by atoms with Gasteiger partial charge in [-0.3, -0.25) is 9.69 Å². The summed E-state index contributed by atoms with van der Waals surface area (Å²) >= 11 is 0. The van der Waals surface area contributed by atoms with Gasteiger partial charge in [-0.15, -0.1) is 0 Å². The zero-order chi connectivity index (χ0) is 10.1. The van der Waals surface area contributed by atoms with Crippen molar-refractivity contribution in [3.8, 4) is 0 Å². The van der Waals surface area contributed by atoms with Crippen molar-refractivity contribution in [1.29, 1.82) is 0 Å². The molecule has 0 aliphatic carbocycles. The van der Waals surface area contributed by atoms with Gasteiger partial charge in [0.1, 0.15) is 0 Å². The molecule has 0 aromatic carbocycles. The van der Waals surface area contributed by atoms with Crippen LogP contribution in [0.1, 0.15) is 13.3 Å². The Bertz CT molecular complexity index is 231. The first-order chi connectivity index (χ1) is 6.70. The van der Waals surface area contributed by atoms with Crippen LogP contribution in [0.4, 0.5) is 0 Å². The molecule has 2 rings (SSSR count). The maximum atomic E-state index is 11.8. The number of carbonyl (C=O) groups is 1. The third-order valence-corrected chi connectivity index (χ3v) is 3.35. The highest BCUT2D eigenvalue weighted by atomic mass is 16.2. The topological polar surface area (TPSA) is 35.6 Å². The van der Waals surface area contributed by atoms with Gasteiger partial charge in [0.2, 0.25) is 5.91 Å². The second-order valence-electron chi connectivity index (χ2n) is 4.36. The van der Waals surface area contributed by atoms with E-state index >= 15 is 0 Å². The number of hydrogen-bond donors (Lipinski definition) is 1. The average molecular weight is 197 g/mol. The van der Waals surface area contributed by atoms with E-state index in [0.717, 1.165) is 32.6 Å². The monoisotopic (exact) mass is 197 g/mol. The molecule has 4 heteroatoms. The first kappa shape index (κ1) is 9.93. The number of amides is 1. The molecule has 2 aliphatic rings. The minimum Gasteiger partial charge on any atom is -0.344 e. The molecule has 14 heavy (non-hydrogen) atoms. The molecule has 0 spiro atoms. The predicted molar refractivity (Wildman–Crippen MR) is 55.1 cm³/mol. The Morgan fingerprint density at radius 2 is 2.21 bits per heavy atom. The van der Waals surface area contributed by atoms with Gasteiger partial charge in [0.05, 0.1) is 6.04 Å². The zero-order valence-corrected chi connectivity index (χ0v) is 8.99. The fourth-order valence-corrected chi connectivity index (χ4v) is 2.43. The van der Waals surface area contributed by atoms with E-state index in [4.69, 9.17) is 0 Å². The highest BCUT2D eigenvalue weighted by Crippen LogP contribution is 2.18. The van der Waals surface area contributed by atoms with Crippen LogP contribution in [0.15, 0.2) is 0 Å². The molecule has 0 aromatic heterocycles. The molecule has 0 radical (unpaired) electrons. The van der Waals surface area contributed by atoms with Gasteiger partial charge >= 0.3 is 0 Å². The summed E-state index contributed by atoms with van der Waals surface area (Å²) < 4.78 is 0. The number of likely N-dealkylation sites (N-methyl/N-ethyl adjacent to an activating group) is 1. The van der Waals surface area contributed by atoms with Gasteiger partial charge in [-0.25, -0.2) is 0 Å². The number of hydrogen-bond acceptors (Lipinski definition) is 3. The molecule has 1 N–H and O–H groups in total. The van der Waals surface area contributed by atoms with Gasteiger partial charge < -0.3 is 10.2 Å². The van der Waals surface area contributed by atoms with Crippen molar-refractivity contribution in [2.24, 2.45) is 0 Å². The van der Waals surface area contributed by atoms with Gasteiger partial charge in [-0.1, -0.05) is 0 Å². The lowest BCUT2D eigenvalue weighted by Gasteiger charge is -2.37. The third kappa shape index (κ3) is 1.64. The van der Waals surface area contributed by atoms with Crippen LogP contribution < -0.4 is 5.32 Å². The summed E-state index contributed by atoms with van der Waals surface area (Å²) in [6.45, 7) is 6.13. The molecule has 2 aliphatic heterocycles. The number of nitrogens with zero attached hydrogens (tertiary/aromatic N) is 2. The summed E-state index contributed by atoms with van der Waals surface area (Å²) in [6.07, 6.45) is 1.000. The highest BCUT2D eigenvalue weighted by Gasteiger charge is 2.36. The summed E-state index contributed by atoms with van der Waals surface area (Å²) in [6, 6.07) is 0.640. The normalized spacial score (nSPS) is 35.3. The van der Waals surface area contributed by atoms with Crippen LogP contribution in [-0.4, -0.2) is 61.0 Å². The maximum Gasteiger partial charge on any atom is 0.239 e. The van der Waals surface area contributed by atoms with Gasteiger partial charge in [0.25, 0.3) is 0 Å². The van der Waals surface area contributed by atoms with Crippen LogP contribution in [-0.2, 0) is 4.79 Å². The molecule has 2 fully saturated rings. The Hall–Kier alpha value is -0.610. The molecular weight excluding hydrogens is 178 g/mol. The molecule has 1 amide bonds. The van der Waals surface area contributed by atoms with Crippen molar-refractivity contribution >= 4 is 5.91 Å². The van der Waals surface area contributed by atoms with E-state index in [-0.39, 0.29) is 6.04 Å². The Morgan fingerprint density at radius 3 is 2.79 bits per heavy atom. The number of likely N-dealkylation sites (tertiary alicyclic amines) is 1. The van der Waals surface area contributed by atoms with Crippen LogP contribution in [0.25, 0.3) is 0 Å². The van der Waals surface area contributed by atoms with Crippen molar-refractivity contribution in [2.75, 3.05) is 33.2 Å². The number of nitrogens with one attached hydrogen (secondary N) is 1. The average Bonchev–Trinajstić information content (AvgIpc) is 2.49. The second-order valence-corrected chi connectivity index (χ2v) is 4.36. The van der Waals surface area contributed by atoms with Gasteiger partial charge in [0.15, 0.2) is 0 Å². The van der Waals surface area contributed by atoms with Crippen LogP contribution >= 0.6 is 0 Å². The van der Waals surface area contributed by atoms with E-state index in [1.165, 1.54) is 0 Å². The number of piperazine rings is 1. The summed E-state index contributed by atoms with van der Waals surface area (Å²) in [5.41, 5.74) is 0. The SMILES string of the molecule is C[C@H]1CNCCN1C1CCN(C)C1=O. The zero-order valence-electron chi connectivity index (χ0n) is 8.99. The molecule has 2 atom stereocenters. The standard InChI is InChI=1S/C10H19N3O/c1-8-7-11-4-6-13(8)9-3-5-12(2)10(9)14/h8-9,11H,3-7H2,1-2H3/t8-,9?/m0/s1. The Balaban J connectivity index is 2.03. The largest absolute Gasteiger partial charge is 0.344 e. The molecule has 2 heterocycles. The van der Waals surface area contributed by atoms with E-state index in [0.29, 0.717) is 11.9 Å². The van der Waals surface area contributed by atoms with Gasteiger partial charge in [-0.05, 0) is 13.3 Å². The first-order valence-electron chi connectivity index (χ1n) is 5.41. The van der Waals surface area contributed by atoms with E-state index in [9.17, 15) is 4.79 Å². The first-order valence-corrected chi connectivity index (χ1v) is 5.41. The van der Waals surface area contributed by atoms with Crippen molar-refractivity contribution < 1.29 is 4.79 Å². The lowest BCUT2D eigenvalue weighted by molar-refractivity contribution is -0.132. The summed E-state index contributed by atoms with van der Waals surface area (Å²) in [7, 11) is 1.90. The molecule has 1 unspecified atom stereocenters. The van der Waals surface area contributed by atoms with Crippen molar-refractivity contribution in [3.63, 3.8) is 0 Å². The van der Waals surface area contributed by atoms with E-state index in [1.807, 2.05) is 11.9 Å². The van der Waals surface area contributed by atoms with Crippen LogP contribution in [0.3, 0.4) is 0 Å². The quantitative estimate of drug-likeness (QED) is 0.616. The summed E-state index contributed by atoms with van der Waals surface area (Å²) in [4.78, 5) is 16.0. The number of carbonyl (C=O) groups excluding carboxylic acids is 1. The van der Waals surface area contributed by atoms with Crippen LogP contribution in [0.5, 0.6) is 0 Å². The van der Waals surface area contributed by atoms with Crippen molar-refractivity contribution in [1.82, 2.24) is 15.1 Å². The van der Waals surface area contributed by atoms with Crippen LogP contribution in [0, 0.1) is 0 Å². The summed E-state index contributed by atoms with van der Waals surface area (Å²) in [5, 5.41) is 3.35. The molecular formula is C10H19N3O. The Kier molecular flexibility index (Phi) is 2.74. The van der Waals surface area contributed by atoms with E-state index < -0.39 is 0 Å². The van der Waals surface area contributed by atoms with Gasteiger partial charge in [-0.2, -0.15) is 0 Å². The summed E-state index contributed by atoms with van der Waals surface area (Å²) in [5.74, 6) is 0.304. The smallest absolute Gasteiger partial charge is 0.239 e. The predicted octanol–water partition coefficient (Wildman–Crippen LogP) is -0.489. The molecule has 0 bridgehead atoms. The lowest BCUT2D eigenvalue weighted by Crippen LogP contribution is -2.55. The fourth-order valence-electron chi connectivity index (χ4n) is 2.43. The Morgan fingerprint density at radius 1 is 1.43 bits per heavy atom. The second kappa shape index (κ2) is 3.87. The van der Waals surface area contributed by atoms with Crippen molar-refractivity contribution in [2.45, 2.75) is 25.4 Å². The molecule has 0 saturated carbocycles. The van der Waals surface area contributed by atoms with E-state index in [1.54, 1.807) is 0 Å². The Labute approximate surface area is 85.2 Å². The third-order valence-electron chi connectivity index (χ3n) is 3.35. The molecule has 2 saturated heterocycles. The molecule has 0 aromatic rings. The van der Waals surface area contributed by atoms with Crippen molar-refractivity contribution in [3.05, 3.63) is 0 Å². The highest BCUT2D eigenvalue weighted by molar-refractivity contribution is 5.83.